The van der Waals surface area contributed by atoms with Gasteiger partial charge in [0.05, 0.1) is 12.6 Å². The monoisotopic (exact) mass is 494 g/mol. The van der Waals surface area contributed by atoms with Gasteiger partial charge < -0.3 is 30.0 Å². The number of rotatable bonds is 4. The maximum absolute atomic E-state index is 13.9. The van der Waals surface area contributed by atoms with Crippen molar-refractivity contribution in [2.45, 2.75) is 24.9 Å². The number of aromatic nitrogens is 1. The van der Waals surface area contributed by atoms with Crippen LogP contribution in [0.1, 0.15) is 28.4 Å². The zero-order chi connectivity index (χ0) is 25.1. The number of anilines is 1. The highest BCUT2D eigenvalue weighted by Crippen LogP contribution is 2.44. The zero-order valence-corrected chi connectivity index (χ0v) is 20.1. The first kappa shape index (κ1) is 21.8. The lowest BCUT2D eigenvalue weighted by Crippen LogP contribution is -2.63. The van der Waals surface area contributed by atoms with E-state index in [1.54, 1.807) is 9.80 Å². The van der Waals surface area contributed by atoms with Crippen LogP contribution in [0.25, 0.3) is 10.9 Å². The summed E-state index contributed by atoms with van der Waals surface area (Å²) in [6, 6.07) is 20.5. The lowest BCUT2D eigenvalue weighted by atomic mass is 9.86. The summed E-state index contributed by atoms with van der Waals surface area (Å²) >= 11 is 0. The molecule has 3 N–H and O–H groups in total. The first-order valence-electron chi connectivity index (χ1n) is 12.5. The Hall–Kier alpha value is -4.46. The number of para-hydroxylation sites is 1. The summed E-state index contributed by atoms with van der Waals surface area (Å²) in [6.07, 6.45) is 1.14. The van der Waals surface area contributed by atoms with Crippen LogP contribution < -0.4 is 15.2 Å². The molecule has 186 valence electrons. The maximum atomic E-state index is 13.9. The molecule has 3 aliphatic heterocycles. The van der Waals surface area contributed by atoms with E-state index in [9.17, 15) is 9.59 Å². The third-order valence-corrected chi connectivity index (χ3v) is 7.70. The van der Waals surface area contributed by atoms with Crippen LogP contribution in [0.2, 0.25) is 0 Å². The smallest absolute Gasteiger partial charge is 0.246 e. The molecule has 0 aliphatic carbocycles. The molecule has 4 heterocycles. The van der Waals surface area contributed by atoms with Crippen molar-refractivity contribution in [3.63, 3.8) is 0 Å². The van der Waals surface area contributed by atoms with Gasteiger partial charge in [0.25, 0.3) is 0 Å². The Labute approximate surface area is 213 Å². The van der Waals surface area contributed by atoms with Gasteiger partial charge in [-0.1, -0.05) is 36.4 Å². The Kier molecular flexibility index (Phi) is 4.89. The van der Waals surface area contributed by atoms with Crippen LogP contribution in [0, 0.1) is 0 Å². The van der Waals surface area contributed by atoms with Gasteiger partial charge in [0.1, 0.15) is 6.04 Å². The molecule has 0 saturated carbocycles. The number of nitrogens with zero attached hydrogens (tertiary/aromatic N) is 2. The molecular weight excluding hydrogens is 468 g/mol. The molecule has 1 saturated heterocycles. The Balaban J connectivity index is 1.27. The summed E-state index contributed by atoms with van der Waals surface area (Å²) < 4.78 is 11.1. The SMILES string of the molecule is Nc1ccc(CCN2CC(=O)N3[C@H](c4ccc5c(c4)OCO5)c4[nH]c5ccccc5c4C[C@@H]3C2=O)cc1. The minimum absolute atomic E-state index is 0.0169. The van der Waals surface area contributed by atoms with Crippen molar-refractivity contribution in [1.29, 1.82) is 0 Å². The van der Waals surface area contributed by atoms with Crippen molar-refractivity contribution in [2.75, 3.05) is 25.6 Å². The molecule has 37 heavy (non-hydrogen) atoms. The van der Waals surface area contributed by atoms with Crippen LogP contribution in [-0.4, -0.2) is 52.5 Å². The minimum atomic E-state index is -0.574. The van der Waals surface area contributed by atoms with E-state index >= 15 is 0 Å². The number of carbonyl (C=O) groups is 2. The van der Waals surface area contributed by atoms with Gasteiger partial charge in [-0.25, -0.2) is 0 Å². The van der Waals surface area contributed by atoms with Gasteiger partial charge in [-0.15, -0.1) is 0 Å². The summed E-state index contributed by atoms with van der Waals surface area (Å²) in [5, 5.41) is 1.09. The standard InChI is InChI=1S/C29H26N4O4/c30-19-8-5-17(6-9-19)11-12-32-15-26(34)33-23(29(32)35)14-21-20-3-1-2-4-22(20)31-27(21)28(33)18-7-10-24-25(13-18)37-16-36-24/h1-10,13,23,28,31H,11-12,14-16,30H2/t23-,28-/m1/s1. The number of ether oxygens (including phenoxy) is 2. The highest BCUT2D eigenvalue weighted by molar-refractivity contribution is 5.97. The summed E-state index contributed by atoms with van der Waals surface area (Å²) in [6.45, 7) is 0.711. The van der Waals surface area contributed by atoms with Gasteiger partial charge in [-0.05, 0) is 53.4 Å². The summed E-state index contributed by atoms with van der Waals surface area (Å²) in [4.78, 5) is 34.6. The normalized spacial score (nSPS) is 20.3. The number of H-pyrrole nitrogens is 1. The number of aromatic amines is 1. The fraction of sp³-hybridized carbons (Fsp3) is 0.241. The van der Waals surface area contributed by atoms with Gasteiger partial charge >= 0.3 is 0 Å². The number of nitrogen functional groups attached to an aromatic ring is 1. The van der Waals surface area contributed by atoms with E-state index in [2.05, 4.69) is 11.1 Å². The van der Waals surface area contributed by atoms with Crippen LogP contribution >= 0.6 is 0 Å². The second-order valence-electron chi connectivity index (χ2n) is 9.85. The minimum Gasteiger partial charge on any atom is -0.454 e. The third-order valence-electron chi connectivity index (χ3n) is 7.70. The summed E-state index contributed by atoms with van der Waals surface area (Å²) in [5.41, 5.74) is 11.5. The van der Waals surface area contributed by atoms with Crippen LogP contribution in [0.15, 0.2) is 66.7 Å². The van der Waals surface area contributed by atoms with E-state index in [0.717, 1.165) is 33.3 Å². The molecule has 8 heteroatoms. The number of carbonyl (C=O) groups excluding carboxylic acids is 2. The number of hydrogen-bond acceptors (Lipinski definition) is 5. The molecule has 2 amide bonds. The molecule has 3 aromatic carbocycles. The molecule has 0 spiro atoms. The lowest BCUT2D eigenvalue weighted by Gasteiger charge is -2.47. The quantitative estimate of drug-likeness (QED) is 0.424. The lowest BCUT2D eigenvalue weighted by molar-refractivity contribution is -0.158. The van der Waals surface area contributed by atoms with Gasteiger partial charge in [0.2, 0.25) is 18.6 Å². The molecule has 8 nitrogen and oxygen atoms in total. The molecule has 1 fully saturated rings. The topological polar surface area (TPSA) is 101 Å². The Morgan fingerprint density at radius 2 is 1.78 bits per heavy atom. The van der Waals surface area contributed by atoms with Crippen molar-refractivity contribution in [3.8, 4) is 11.5 Å². The number of benzene rings is 3. The van der Waals surface area contributed by atoms with Gasteiger partial charge in [-0.2, -0.15) is 0 Å². The van der Waals surface area contributed by atoms with Gasteiger partial charge in [0.15, 0.2) is 11.5 Å². The number of amides is 2. The van der Waals surface area contributed by atoms with E-state index in [1.165, 1.54) is 0 Å². The van der Waals surface area contributed by atoms with E-state index in [-0.39, 0.29) is 25.2 Å². The third kappa shape index (κ3) is 3.51. The average Bonchev–Trinajstić information content (AvgIpc) is 3.53. The first-order valence-corrected chi connectivity index (χ1v) is 12.5. The van der Waals surface area contributed by atoms with Crippen LogP contribution in [0.3, 0.4) is 0 Å². The molecule has 3 aliphatic rings. The van der Waals surface area contributed by atoms with E-state index in [1.807, 2.05) is 60.7 Å². The second kappa shape index (κ2) is 8.30. The van der Waals surface area contributed by atoms with Crippen molar-refractivity contribution in [3.05, 3.63) is 89.1 Å². The fourth-order valence-corrected chi connectivity index (χ4v) is 5.89. The molecule has 2 atom stereocenters. The van der Waals surface area contributed by atoms with E-state index in [4.69, 9.17) is 15.2 Å². The molecule has 0 unspecified atom stereocenters. The van der Waals surface area contributed by atoms with E-state index < -0.39 is 12.1 Å². The Bertz CT molecular complexity index is 1540. The number of piperazine rings is 1. The molecule has 1 aromatic heterocycles. The number of hydrogen-bond donors (Lipinski definition) is 2. The number of nitrogens with two attached hydrogens (primary N) is 1. The average molecular weight is 495 g/mol. The van der Waals surface area contributed by atoms with Crippen LogP contribution in [-0.2, 0) is 22.4 Å². The molecule has 7 rings (SSSR count). The maximum Gasteiger partial charge on any atom is 0.246 e. The van der Waals surface area contributed by atoms with Crippen molar-refractivity contribution in [1.82, 2.24) is 14.8 Å². The van der Waals surface area contributed by atoms with Crippen molar-refractivity contribution < 1.29 is 19.1 Å². The zero-order valence-electron chi connectivity index (χ0n) is 20.1. The van der Waals surface area contributed by atoms with Crippen LogP contribution in [0.5, 0.6) is 11.5 Å². The van der Waals surface area contributed by atoms with Crippen LogP contribution in [0.4, 0.5) is 5.69 Å². The number of fused-ring (bicyclic) bond motifs is 5. The van der Waals surface area contributed by atoms with Crippen molar-refractivity contribution in [2.24, 2.45) is 0 Å². The van der Waals surface area contributed by atoms with Gasteiger partial charge in [0, 0.05) is 35.2 Å². The van der Waals surface area contributed by atoms with Gasteiger partial charge in [-0.3, -0.25) is 9.59 Å². The largest absolute Gasteiger partial charge is 0.454 e. The number of nitrogens with one attached hydrogen (secondary N) is 1. The van der Waals surface area contributed by atoms with E-state index in [0.29, 0.717) is 36.6 Å². The predicted octanol–water partition coefficient (Wildman–Crippen LogP) is 3.41. The molecule has 0 bridgehead atoms. The Morgan fingerprint density at radius 3 is 2.65 bits per heavy atom. The fourth-order valence-electron chi connectivity index (χ4n) is 5.89. The van der Waals surface area contributed by atoms with Crippen molar-refractivity contribution >= 4 is 28.4 Å². The highest BCUT2D eigenvalue weighted by Gasteiger charge is 2.48. The first-order chi connectivity index (χ1) is 18.1. The molecule has 4 aromatic rings. The highest BCUT2D eigenvalue weighted by atomic mass is 16.7. The molecular formula is C29H26N4O4. The summed E-state index contributed by atoms with van der Waals surface area (Å²) in [7, 11) is 0. The summed E-state index contributed by atoms with van der Waals surface area (Å²) in [5.74, 6) is 1.26. The Morgan fingerprint density at radius 1 is 0.973 bits per heavy atom. The molecule has 0 radical (unpaired) electrons. The predicted molar refractivity (Wildman–Crippen MR) is 138 cm³/mol. The second-order valence-corrected chi connectivity index (χ2v) is 9.85.